The summed E-state index contributed by atoms with van der Waals surface area (Å²) < 4.78 is 4.99. The molecule has 3 aromatic rings. The van der Waals surface area contributed by atoms with Crippen molar-refractivity contribution in [2.45, 2.75) is 13.1 Å². The van der Waals surface area contributed by atoms with Crippen LogP contribution in [0.3, 0.4) is 0 Å². The minimum absolute atomic E-state index is 0.0418. The second-order valence-corrected chi connectivity index (χ2v) is 5.27. The van der Waals surface area contributed by atoms with E-state index in [4.69, 9.17) is 0 Å². The molecule has 4 heteroatoms. The Morgan fingerprint density at radius 2 is 1.74 bits per heavy atom. The highest BCUT2D eigenvalue weighted by molar-refractivity contribution is 9.10. The monoisotopic (exact) mass is 316 g/mol. The Balaban J connectivity index is 1.89. The predicted molar refractivity (Wildman–Crippen MR) is 80.3 cm³/mol. The standard InChI is InChI=1S/C15H13BrN2O/c16-13-4-3-5-14-12(13)7-9-17(14)10-11-18-8-2-1-6-15(18)19/h1-9H,10-11H2. The second kappa shape index (κ2) is 5.05. The van der Waals surface area contributed by atoms with Gasteiger partial charge in [-0.2, -0.15) is 0 Å². The van der Waals surface area contributed by atoms with E-state index in [2.05, 4.69) is 38.8 Å². The molecule has 0 saturated heterocycles. The van der Waals surface area contributed by atoms with Crippen molar-refractivity contribution in [3.05, 3.63) is 69.7 Å². The summed E-state index contributed by atoms with van der Waals surface area (Å²) in [6.45, 7) is 1.46. The number of hydrogen-bond acceptors (Lipinski definition) is 1. The third kappa shape index (κ3) is 2.36. The fourth-order valence-corrected chi connectivity index (χ4v) is 2.73. The summed E-state index contributed by atoms with van der Waals surface area (Å²) in [5.41, 5.74) is 1.22. The van der Waals surface area contributed by atoms with Gasteiger partial charge in [-0.05, 0) is 24.3 Å². The van der Waals surface area contributed by atoms with Crippen LogP contribution in [-0.2, 0) is 13.1 Å². The zero-order chi connectivity index (χ0) is 13.2. The molecule has 96 valence electrons. The van der Waals surface area contributed by atoms with Gasteiger partial charge in [0.05, 0.1) is 0 Å². The Morgan fingerprint density at radius 1 is 0.895 bits per heavy atom. The summed E-state index contributed by atoms with van der Waals surface area (Å²) in [7, 11) is 0. The van der Waals surface area contributed by atoms with Gasteiger partial charge in [-0.25, -0.2) is 0 Å². The molecule has 0 aliphatic rings. The van der Waals surface area contributed by atoms with E-state index in [-0.39, 0.29) is 5.56 Å². The molecule has 0 aliphatic heterocycles. The SMILES string of the molecule is O=c1ccccn1CCn1ccc2c(Br)cccc21. The number of pyridine rings is 1. The lowest BCUT2D eigenvalue weighted by atomic mass is 10.2. The van der Waals surface area contributed by atoms with Gasteiger partial charge in [0, 0.05) is 46.9 Å². The van der Waals surface area contributed by atoms with Crippen LogP contribution in [0.2, 0.25) is 0 Å². The van der Waals surface area contributed by atoms with Crippen molar-refractivity contribution in [2.24, 2.45) is 0 Å². The molecule has 0 aliphatic carbocycles. The van der Waals surface area contributed by atoms with Gasteiger partial charge in [-0.3, -0.25) is 4.79 Å². The third-order valence-corrected chi connectivity index (χ3v) is 3.93. The van der Waals surface area contributed by atoms with E-state index >= 15 is 0 Å². The van der Waals surface area contributed by atoms with Crippen molar-refractivity contribution in [1.29, 1.82) is 0 Å². The highest BCUT2D eigenvalue weighted by atomic mass is 79.9. The van der Waals surface area contributed by atoms with E-state index in [0.29, 0.717) is 6.54 Å². The Morgan fingerprint density at radius 3 is 2.58 bits per heavy atom. The van der Waals surface area contributed by atoms with Crippen LogP contribution in [-0.4, -0.2) is 9.13 Å². The molecule has 1 aromatic carbocycles. The minimum atomic E-state index is 0.0418. The summed E-state index contributed by atoms with van der Waals surface area (Å²) in [6.07, 6.45) is 3.88. The van der Waals surface area contributed by atoms with Crippen LogP contribution < -0.4 is 5.56 Å². The molecule has 19 heavy (non-hydrogen) atoms. The number of rotatable bonds is 3. The summed E-state index contributed by atoms with van der Waals surface area (Å²) >= 11 is 3.55. The average molecular weight is 317 g/mol. The van der Waals surface area contributed by atoms with Crippen molar-refractivity contribution < 1.29 is 0 Å². The van der Waals surface area contributed by atoms with Crippen LogP contribution in [0.25, 0.3) is 10.9 Å². The lowest BCUT2D eigenvalue weighted by Crippen LogP contribution is -2.20. The Labute approximate surface area is 119 Å². The van der Waals surface area contributed by atoms with Gasteiger partial charge in [0.1, 0.15) is 0 Å². The molecule has 0 bridgehead atoms. The van der Waals surface area contributed by atoms with Crippen LogP contribution in [0, 0.1) is 0 Å². The number of aromatic nitrogens is 2. The second-order valence-electron chi connectivity index (χ2n) is 4.41. The largest absolute Gasteiger partial charge is 0.346 e. The van der Waals surface area contributed by atoms with Crippen molar-refractivity contribution >= 4 is 26.8 Å². The predicted octanol–water partition coefficient (Wildman–Crippen LogP) is 3.27. The summed E-state index contributed by atoms with van der Waals surface area (Å²) in [6, 6.07) is 13.5. The number of hydrogen-bond donors (Lipinski definition) is 0. The number of halogens is 1. The number of benzene rings is 1. The number of aryl methyl sites for hydroxylation is 2. The van der Waals surface area contributed by atoms with Gasteiger partial charge in [-0.1, -0.05) is 28.1 Å². The molecule has 0 amide bonds. The third-order valence-electron chi connectivity index (χ3n) is 3.24. The molecule has 0 radical (unpaired) electrons. The first-order chi connectivity index (χ1) is 9.25. The van der Waals surface area contributed by atoms with E-state index in [9.17, 15) is 4.79 Å². The minimum Gasteiger partial charge on any atom is -0.346 e. The Kier molecular flexibility index (Phi) is 3.25. The highest BCUT2D eigenvalue weighted by Gasteiger charge is 2.03. The van der Waals surface area contributed by atoms with Crippen LogP contribution >= 0.6 is 15.9 Å². The van der Waals surface area contributed by atoms with Gasteiger partial charge in [0.15, 0.2) is 0 Å². The van der Waals surface area contributed by atoms with E-state index in [0.717, 1.165) is 11.0 Å². The molecule has 0 spiro atoms. The number of fused-ring (bicyclic) bond motifs is 1. The molecule has 3 nitrogen and oxygen atoms in total. The van der Waals surface area contributed by atoms with Gasteiger partial charge in [-0.15, -0.1) is 0 Å². The maximum Gasteiger partial charge on any atom is 0.250 e. The van der Waals surface area contributed by atoms with E-state index in [1.165, 1.54) is 10.9 Å². The van der Waals surface area contributed by atoms with Gasteiger partial charge < -0.3 is 9.13 Å². The quantitative estimate of drug-likeness (QED) is 0.728. The Hall–Kier alpha value is -1.81. The lowest BCUT2D eigenvalue weighted by molar-refractivity contribution is 0.577. The molecule has 3 rings (SSSR count). The van der Waals surface area contributed by atoms with Crippen molar-refractivity contribution in [3.63, 3.8) is 0 Å². The fourth-order valence-electron chi connectivity index (χ4n) is 2.24. The molecule has 2 aromatic heterocycles. The van der Waals surface area contributed by atoms with Crippen LogP contribution in [0.1, 0.15) is 0 Å². The zero-order valence-corrected chi connectivity index (χ0v) is 11.9. The summed E-state index contributed by atoms with van der Waals surface area (Å²) in [5, 5.41) is 1.20. The summed E-state index contributed by atoms with van der Waals surface area (Å²) in [5.74, 6) is 0. The maximum atomic E-state index is 11.6. The maximum absolute atomic E-state index is 11.6. The fraction of sp³-hybridized carbons (Fsp3) is 0.133. The van der Waals surface area contributed by atoms with E-state index < -0.39 is 0 Å². The molecular formula is C15H13BrN2O. The highest BCUT2D eigenvalue weighted by Crippen LogP contribution is 2.24. The molecule has 0 unspecified atom stereocenters. The molecule has 2 heterocycles. The normalized spacial score (nSPS) is 11.0. The van der Waals surface area contributed by atoms with Crippen molar-refractivity contribution in [2.75, 3.05) is 0 Å². The molecule has 0 saturated carbocycles. The number of nitrogens with zero attached hydrogens (tertiary/aromatic N) is 2. The summed E-state index contributed by atoms with van der Waals surface area (Å²) in [4.78, 5) is 11.6. The first kappa shape index (κ1) is 12.2. The van der Waals surface area contributed by atoms with Crippen molar-refractivity contribution in [3.8, 4) is 0 Å². The molecule has 0 fully saturated rings. The van der Waals surface area contributed by atoms with Gasteiger partial charge in [0.25, 0.3) is 5.56 Å². The molecule has 0 atom stereocenters. The smallest absolute Gasteiger partial charge is 0.250 e. The van der Waals surface area contributed by atoms with E-state index in [1.54, 1.807) is 16.7 Å². The van der Waals surface area contributed by atoms with Crippen LogP contribution in [0.4, 0.5) is 0 Å². The lowest BCUT2D eigenvalue weighted by Gasteiger charge is -2.08. The van der Waals surface area contributed by atoms with Crippen LogP contribution in [0.5, 0.6) is 0 Å². The molecule has 0 N–H and O–H groups in total. The molecular weight excluding hydrogens is 304 g/mol. The average Bonchev–Trinajstić information content (AvgIpc) is 2.83. The first-order valence-corrected chi connectivity index (χ1v) is 6.94. The topological polar surface area (TPSA) is 26.9 Å². The first-order valence-electron chi connectivity index (χ1n) is 6.14. The van der Waals surface area contributed by atoms with Crippen LogP contribution in [0.15, 0.2) is 64.1 Å². The zero-order valence-electron chi connectivity index (χ0n) is 10.3. The van der Waals surface area contributed by atoms with Crippen molar-refractivity contribution in [1.82, 2.24) is 9.13 Å². The van der Waals surface area contributed by atoms with Gasteiger partial charge in [0.2, 0.25) is 0 Å². The van der Waals surface area contributed by atoms with E-state index in [1.807, 2.05) is 24.4 Å². The van der Waals surface area contributed by atoms with Gasteiger partial charge >= 0.3 is 0 Å². The Bertz CT molecular complexity index is 773.